The molecule has 0 saturated carbocycles. The zero-order chi connectivity index (χ0) is 6.69. The fourth-order valence-corrected chi connectivity index (χ4v) is 1.47. The van der Waals surface area contributed by atoms with Crippen LogP contribution in [-0.4, -0.2) is 11.5 Å². The topological polar surface area (TPSA) is 38.9 Å². The second kappa shape index (κ2) is 2.94. The number of hydrogen-bond acceptors (Lipinski definition) is 3. The first-order chi connectivity index (χ1) is 4.33. The van der Waals surface area contributed by atoms with Crippen molar-refractivity contribution in [2.24, 2.45) is 5.73 Å². The highest BCUT2D eigenvalue weighted by Crippen LogP contribution is 2.10. The van der Waals surface area contributed by atoms with E-state index in [1.54, 1.807) is 11.3 Å². The maximum Gasteiger partial charge on any atom is 0.0896 e. The molecule has 0 aliphatic heterocycles. The second-order valence-corrected chi connectivity index (χ2v) is 3.20. The first kappa shape index (κ1) is 6.71. The van der Waals surface area contributed by atoms with Gasteiger partial charge in [-0.2, -0.15) is 0 Å². The number of aromatic nitrogens is 1. The van der Waals surface area contributed by atoms with Gasteiger partial charge < -0.3 is 5.73 Å². The largest absolute Gasteiger partial charge is 0.330 e. The Morgan fingerprint density at radius 2 is 2.56 bits per heavy atom. The predicted molar refractivity (Wildman–Crippen MR) is 39.6 cm³/mol. The lowest BCUT2D eigenvalue weighted by atomic mass is 10.4. The minimum absolute atomic E-state index is 0.724. The van der Waals surface area contributed by atoms with Gasteiger partial charge in [0.25, 0.3) is 0 Å². The normalized spacial score (nSPS) is 10.0. The van der Waals surface area contributed by atoms with Crippen LogP contribution in [0.1, 0.15) is 9.88 Å². The van der Waals surface area contributed by atoms with Crippen LogP contribution in [0.5, 0.6) is 0 Å². The highest BCUT2D eigenvalue weighted by molar-refractivity contribution is 7.11. The summed E-state index contributed by atoms with van der Waals surface area (Å²) < 4.78 is 0. The van der Waals surface area contributed by atoms with Crippen LogP contribution >= 0.6 is 11.3 Å². The Morgan fingerprint density at radius 3 is 3.00 bits per heavy atom. The van der Waals surface area contributed by atoms with Crippen LogP contribution < -0.4 is 5.73 Å². The number of nitrogens with two attached hydrogens (primary N) is 1. The van der Waals surface area contributed by atoms with Crippen LogP contribution in [0.3, 0.4) is 0 Å². The standard InChI is InChI=1S/C6H10N2S/c1-5-8-4-6(9-5)2-3-7/h4H,2-3,7H2,1H3. The van der Waals surface area contributed by atoms with Gasteiger partial charge in [0.15, 0.2) is 0 Å². The summed E-state index contributed by atoms with van der Waals surface area (Å²) in [6.45, 7) is 2.73. The molecule has 0 amide bonds. The quantitative estimate of drug-likeness (QED) is 0.667. The highest BCUT2D eigenvalue weighted by Gasteiger charge is 1.93. The van der Waals surface area contributed by atoms with Gasteiger partial charge in [-0.1, -0.05) is 0 Å². The van der Waals surface area contributed by atoms with Crippen molar-refractivity contribution in [1.82, 2.24) is 4.98 Å². The molecule has 0 atom stereocenters. The van der Waals surface area contributed by atoms with Crippen molar-refractivity contribution < 1.29 is 0 Å². The summed E-state index contributed by atoms with van der Waals surface area (Å²) in [6.07, 6.45) is 2.86. The third-order valence-corrected chi connectivity index (χ3v) is 2.03. The van der Waals surface area contributed by atoms with Crippen LogP contribution in [-0.2, 0) is 6.42 Å². The maximum atomic E-state index is 5.35. The average Bonchev–Trinajstić information content (AvgIpc) is 2.17. The third kappa shape index (κ3) is 1.77. The van der Waals surface area contributed by atoms with Crippen molar-refractivity contribution in [2.45, 2.75) is 13.3 Å². The number of nitrogens with zero attached hydrogens (tertiary/aromatic N) is 1. The summed E-state index contributed by atoms with van der Waals surface area (Å²) in [7, 11) is 0. The monoisotopic (exact) mass is 142 g/mol. The molecule has 0 radical (unpaired) electrons. The van der Waals surface area contributed by atoms with Crippen molar-refractivity contribution in [1.29, 1.82) is 0 Å². The van der Waals surface area contributed by atoms with Gasteiger partial charge >= 0.3 is 0 Å². The molecule has 2 nitrogen and oxygen atoms in total. The molecule has 0 saturated heterocycles. The molecular formula is C6H10N2S. The van der Waals surface area contributed by atoms with Gasteiger partial charge in [0.1, 0.15) is 0 Å². The molecule has 1 heterocycles. The maximum absolute atomic E-state index is 5.35. The molecule has 1 rings (SSSR count). The lowest BCUT2D eigenvalue weighted by Crippen LogP contribution is -2.00. The van der Waals surface area contributed by atoms with Crippen molar-refractivity contribution >= 4 is 11.3 Å². The highest BCUT2D eigenvalue weighted by atomic mass is 32.1. The molecule has 50 valence electrons. The van der Waals surface area contributed by atoms with Crippen LogP contribution in [0.2, 0.25) is 0 Å². The van der Waals surface area contributed by atoms with Crippen LogP contribution in [0.15, 0.2) is 6.20 Å². The number of rotatable bonds is 2. The molecule has 2 N–H and O–H groups in total. The molecule has 0 unspecified atom stereocenters. The van der Waals surface area contributed by atoms with E-state index in [0.717, 1.165) is 18.0 Å². The predicted octanol–water partition coefficient (Wildman–Crippen LogP) is 0.953. The van der Waals surface area contributed by atoms with Gasteiger partial charge in [0, 0.05) is 11.1 Å². The molecule has 0 aliphatic rings. The van der Waals surface area contributed by atoms with Crippen LogP contribution in [0.4, 0.5) is 0 Å². The van der Waals surface area contributed by atoms with Crippen molar-refractivity contribution in [3.05, 3.63) is 16.1 Å². The summed E-state index contributed by atoms with van der Waals surface area (Å²) in [5, 5.41) is 1.12. The lowest BCUT2D eigenvalue weighted by molar-refractivity contribution is 0.984. The number of aryl methyl sites for hydroxylation is 1. The van der Waals surface area contributed by atoms with Crippen molar-refractivity contribution in [2.75, 3.05) is 6.54 Å². The summed E-state index contributed by atoms with van der Waals surface area (Å²) >= 11 is 1.72. The molecule has 1 aromatic rings. The van der Waals surface area contributed by atoms with E-state index in [0.29, 0.717) is 0 Å². The minimum Gasteiger partial charge on any atom is -0.330 e. The van der Waals surface area contributed by atoms with E-state index in [1.807, 2.05) is 13.1 Å². The van der Waals surface area contributed by atoms with Gasteiger partial charge in [-0.15, -0.1) is 11.3 Å². The van der Waals surface area contributed by atoms with E-state index < -0.39 is 0 Å². The first-order valence-corrected chi connectivity index (χ1v) is 3.76. The molecule has 0 fully saturated rings. The SMILES string of the molecule is Cc1ncc(CCN)s1. The summed E-state index contributed by atoms with van der Waals surface area (Å²) in [5.41, 5.74) is 5.35. The Hall–Kier alpha value is -0.410. The smallest absolute Gasteiger partial charge is 0.0896 e. The minimum atomic E-state index is 0.724. The fraction of sp³-hybridized carbons (Fsp3) is 0.500. The zero-order valence-corrected chi connectivity index (χ0v) is 6.24. The molecule has 0 bridgehead atoms. The Labute approximate surface area is 58.7 Å². The Morgan fingerprint density at radius 1 is 1.78 bits per heavy atom. The van der Waals surface area contributed by atoms with E-state index >= 15 is 0 Å². The van der Waals surface area contributed by atoms with Crippen LogP contribution in [0.25, 0.3) is 0 Å². The second-order valence-electron chi connectivity index (χ2n) is 1.88. The zero-order valence-electron chi connectivity index (χ0n) is 5.42. The van der Waals surface area contributed by atoms with E-state index in [4.69, 9.17) is 5.73 Å². The Balaban J connectivity index is 2.61. The fourth-order valence-electron chi connectivity index (χ4n) is 0.663. The lowest BCUT2D eigenvalue weighted by Gasteiger charge is -1.85. The Bertz CT molecular complexity index is 183. The van der Waals surface area contributed by atoms with Gasteiger partial charge in [0.05, 0.1) is 5.01 Å². The van der Waals surface area contributed by atoms with E-state index in [-0.39, 0.29) is 0 Å². The van der Waals surface area contributed by atoms with Gasteiger partial charge in [0.2, 0.25) is 0 Å². The molecule has 3 heteroatoms. The third-order valence-electron chi connectivity index (χ3n) is 1.06. The van der Waals surface area contributed by atoms with Gasteiger partial charge in [-0.05, 0) is 19.9 Å². The average molecular weight is 142 g/mol. The van der Waals surface area contributed by atoms with Crippen molar-refractivity contribution in [3.8, 4) is 0 Å². The summed E-state index contributed by atoms with van der Waals surface area (Å²) in [5.74, 6) is 0. The van der Waals surface area contributed by atoms with Crippen LogP contribution in [0, 0.1) is 6.92 Å². The van der Waals surface area contributed by atoms with E-state index in [9.17, 15) is 0 Å². The Kier molecular flexibility index (Phi) is 2.19. The molecule has 0 aromatic carbocycles. The molecule has 0 spiro atoms. The van der Waals surface area contributed by atoms with E-state index in [1.165, 1.54) is 4.88 Å². The van der Waals surface area contributed by atoms with E-state index in [2.05, 4.69) is 4.98 Å². The summed E-state index contributed by atoms with van der Waals surface area (Å²) in [4.78, 5) is 5.39. The van der Waals surface area contributed by atoms with Gasteiger partial charge in [-0.25, -0.2) is 4.98 Å². The first-order valence-electron chi connectivity index (χ1n) is 2.94. The molecule has 1 aromatic heterocycles. The number of thiazole rings is 1. The number of hydrogen-bond donors (Lipinski definition) is 1. The molecular weight excluding hydrogens is 132 g/mol. The summed E-state index contributed by atoms with van der Waals surface area (Å²) in [6, 6.07) is 0. The van der Waals surface area contributed by atoms with Gasteiger partial charge in [-0.3, -0.25) is 0 Å². The molecule has 9 heavy (non-hydrogen) atoms. The molecule has 0 aliphatic carbocycles. The van der Waals surface area contributed by atoms with Crippen molar-refractivity contribution in [3.63, 3.8) is 0 Å².